The minimum atomic E-state index is -0.915. The quantitative estimate of drug-likeness (QED) is 0.364. The van der Waals surface area contributed by atoms with Gasteiger partial charge < -0.3 is 19.5 Å². The van der Waals surface area contributed by atoms with E-state index in [1.807, 2.05) is 0 Å². The fourth-order valence-electron chi connectivity index (χ4n) is 4.39. The molecule has 2 saturated heterocycles. The van der Waals surface area contributed by atoms with Gasteiger partial charge in [-0.05, 0) is 42.3 Å². The summed E-state index contributed by atoms with van der Waals surface area (Å²) in [5.41, 5.74) is 0.577. The van der Waals surface area contributed by atoms with Gasteiger partial charge in [-0.2, -0.15) is 0 Å². The van der Waals surface area contributed by atoms with Gasteiger partial charge in [0.15, 0.2) is 0 Å². The lowest BCUT2D eigenvalue weighted by atomic mass is 9.95. The largest absolute Gasteiger partial charge is 0.507 e. The molecule has 180 valence electrons. The van der Waals surface area contributed by atoms with Crippen molar-refractivity contribution in [3.63, 3.8) is 0 Å². The van der Waals surface area contributed by atoms with Crippen LogP contribution < -0.4 is 4.74 Å². The number of ketones is 1. The average Bonchev–Trinajstić information content (AvgIpc) is 3.09. The standard InChI is InChI=1S/C25H26ClFN2O5/c1-33-20-7-6-17(15-19(20)26)23(30)21-22(16-4-2-5-18(27)14-16)29(25(32)24(21)31)9-3-8-28-10-12-34-13-11-28/h2,4-7,14-15,22,30H,3,8-13H2,1H3/t22-/m0/s1. The minimum absolute atomic E-state index is 0.0943. The SMILES string of the molecule is COc1ccc(C(O)=C2C(=O)C(=O)N(CCCN3CCOCC3)[C@H]2c2cccc(F)c2)cc1Cl. The normalized spacial score (nSPS) is 20.7. The van der Waals surface area contributed by atoms with Crippen LogP contribution in [-0.4, -0.2) is 73.1 Å². The molecule has 0 saturated carbocycles. The lowest BCUT2D eigenvalue weighted by molar-refractivity contribution is -0.140. The van der Waals surface area contributed by atoms with E-state index in [-0.39, 0.29) is 28.5 Å². The summed E-state index contributed by atoms with van der Waals surface area (Å²) >= 11 is 6.21. The molecule has 0 bridgehead atoms. The van der Waals surface area contributed by atoms with E-state index in [9.17, 15) is 19.1 Å². The topological polar surface area (TPSA) is 79.3 Å². The molecule has 0 spiro atoms. The number of carbonyl (C=O) groups is 2. The number of morpholine rings is 1. The van der Waals surface area contributed by atoms with Crippen molar-refractivity contribution in [2.45, 2.75) is 12.5 Å². The second-order valence-electron chi connectivity index (χ2n) is 8.20. The monoisotopic (exact) mass is 488 g/mol. The molecule has 4 rings (SSSR count). The van der Waals surface area contributed by atoms with Crippen LogP contribution in [0.25, 0.3) is 5.76 Å². The summed E-state index contributed by atoms with van der Waals surface area (Å²) < 4.78 is 24.6. The van der Waals surface area contributed by atoms with Crippen molar-refractivity contribution in [1.82, 2.24) is 9.80 Å². The van der Waals surface area contributed by atoms with Crippen LogP contribution >= 0.6 is 11.6 Å². The predicted octanol–water partition coefficient (Wildman–Crippen LogP) is 3.63. The number of Topliss-reactive ketones (excluding diaryl/α,β-unsaturated/α-hetero) is 1. The van der Waals surface area contributed by atoms with Crippen molar-refractivity contribution in [2.75, 3.05) is 46.5 Å². The number of halogens is 2. The summed E-state index contributed by atoms with van der Waals surface area (Å²) in [4.78, 5) is 29.8. The lowest BCUT2D eigenvalue weighted by Crippen LogP contribution is -2.39. The van der Waals surface area contributed by atoms with E-state index in [1.54, 1.807) is 18.2 Å². The van der Waals surface area contributed by atoms with Gasteiger partial charge in [-0.15, -0.1) is 0 Å². The molecule has 9 heteroatoms. The van der Waals surface area contributed by atoms with E-state index in [2.05, 4.69) is 4.90 Å². The average molecular weight is 489 g/mol. The zero-order valence-electron chi connectivity index (χ0n) is 18.8. The van der Waals surface area contributed by atoms with Gasteiger partial charge in [-0.3, -0.25) is 14.5 Å². The summed E-state index contributed by atoms with van der Waals surface area (Å²) in [5.74, 6) is -2.00. The third kappa shape index (κ3) is 4.94. The molecule has 1 N–H and O–H groups in total. The molecule has 34 heavy (non-hydrogen) atoms. The second-order valence-corrected chi connectivity index (χ2v) is 8.61. The summed E-state index contributed by atoms with van der Waals surface area (Å²) in [6.45, 7) is 3.96. The molecule has 1 amide bonds. The van der Waals surface area contributed by atoms with E-state index >= 15 is 0 Å². The predicted molar refractivity (Wildman–Crippen MR) is 125 cm³/mol. The van der Waals surface area contributed by atoms with Crippen LogP contribution in [0.3, 0.4) is 0 Å². The third-order valence-corrected chi connectivity index (χ3v) is 6.40. The lowest BCUT2D eigenvalue weighted by Gasteiger charge is -2.29. The molecule has 2 aromatic carbocycles. The zero-order valence-corrected chi connectivity index (χ0v) is 19.6. The van der Waals surface area contributed by atoms with Gasteiger partial charge in [0.25, 0.3) is 11.7 Å². The molecule has 7 nitrogen and oxygen atoms in total. The molecule has 0 aromatic heterocycles. The second kappa shape index (κ2) is 10.5. The number of ether oxygens (including phenoxy) is 2. The number of methoxy groups -OCH3 is 1. The summed E-state index contributed by atoms with van der Waals surface area (Å²) in [6.07, 6.45) is 0.618. The number of amides is 1. The Kier molecular flexibility index (Phi) is 7.50. The Morgan fingerprint density at radius 3 is 2.62 bits per heavy atom. The molecular weight excluding hydrogens is 463 g/mol. The van der Waals surface area contributed by atoms with Crippen LogP contribution in [0.1, 0.15) is 23.6 Å². The number of benzene rings is 2. The molecule has 0 aliphatic carbocycles. The molecule has 0 radical (unpaired) electrons. The van der Waals surface area contributed by atoms with Gasteiger partial charge in [0.05, 0.1) is 37.0 Å². The van der Waals surface area contributed by atoms with Crippen LogP contribution in [0.15, 0.2) is 48.0 Å². The zero-order chi connectivity index (χ0) is 24.2. The molecule has 1 atom stereocenters. The van der Waals surface area contributed by atoms with Crippen LogP contribution in [0.4, 0.5) is 4.39 Å². The Bertz CT molecular complexity index is 1120. The van der Waals surface area contributed by atoms with Gasteiger partial charge in [0, 0.05) is 31.7 Å². The van der Waals surface area contributed by atoms with Crippen molar-refractivity contribution in [2.24, 2.45) is 0 Å². The molecule has 0 unspecified atom stereocenters. The Morgan fingerprint density at radius 1 is 1.18 bits per heavy atom. The maximum absolute atomic E-state index is 14.1. The highest BCUT2D eigenvalue weighted by molar-refractivity contribution is 6.46. The van der Waals surface area contributed by atoms with Gasteiger partial charge in [-0.1, -0.05) is 23.7 Å². The van der Waals surface area contributed by atoms with E-state index < -0.39 is 23.5 Å². The first kappa shape index (κ1) is 24.2. The number of carbonyl (C=O) groups excluding carboxylic acids is 2. The number of hydrogen-bond acceptors (Lipinski definition) is 6. The van der Waals surface area contributed by atoms with Gasteiger partial charge in [0.2, 0.25) is 0 Å². The minimum Gasteiger partial charge on any atom is -0.507 e. The maximum atomic E-state index is 14.1. The highest BCUT2D eigenvalue weighted by Crippen LogP contribution is 2.40. The fourth-order valence-corrected chi connectivity index (χ4v) is 4.65. The highest BCUT2D eigenvalue weighted by atomic mass is 35.5. The number of aliphatic hydroxyl groups is 1. The molecule has 2 fully saturated rings. The van der Waals surface area contributed by atoms with E-state index in [4.69, 9.17) is 21.1 Å². The number of hydrogen-bond donors (Lipinski definition) is 1. The first-order chi connectivity index (χ1) is 16.4. The van der Waals surface area contributed by atoms with Crippen LogP contribution in [0.2, 0.25) is 5.02 Å². The van der Waals surface area contributed by atoms with Crippen molar-refractivity contribution in [3.05, 3.63) is 70.0 Å². The highest BCUT2D eigenvalue weighted by Gasteiger charge is 2.46. The molecule has 2 aromatic rings. The third-order valence-electron chi connectivity index (χ3n) is 6.11. The first-order valence-corrected chi connectivity index (χ1v) is 11.5. The van der Waals surface area contributed by atoms with Crippen LogP contribution in [0.5, 0.6) is 5.75 Å². The summed E-state index contributed by atoms with van der Waals surface area (Å²) in [5, 5.41) is 11.4. The Labute approximate surface area is 202 Å². The van der Waals surface area contributed by atoms with Crippen molar-refractivity contribution < 1.29 is 28.6 Å². The summed E-state index contributed by atoms with van der Waals surface area (Å²) in [6, 6.07) is 9.38. The smallest absolute Gasteiger partial charge is 0.295 e. The van der Waals surface area contributed by atoms with E-state index in [1.165, 1.54) is 36.3 Å². The van der Waals surface area contributed by atoms with Crippen molar-refractivity contribution in [3.8, 4) is 5.75 Å². The Morgan fingerprint density at radius 2 is 1.94 bits per heavy atom. The van der Waals surface area contributed by atoms with Gasteiger partial charge in [-0.25, -0.2) is 4.39 Å². The van der Waals surface area contributed by atoms with E-state index in [0.717, 1.165) is 19.6 Å². The van der Waals surface area contributed by atoms with Gasteiger partial charge >= 0.3 is 0 Å². The maximum Gasteiger partial charge on any atom is 0.295 e. The molecular formula is C25H26ClFN2O5. The number of aliphatic hydroxyl groups excluding tert-OH is 1. The molecule has 2 aliphatic rings. The molecule has 2 heterocycles. The number of likely N-dealkylation sites (tertiary alicyclic amines) is 1. The van der Waals surface area contributed by atoms with E-state index in [0.29, 0.717) is 30.9 Å². The number of rotatable bonds is 7. The Hall–Kier alpha value is -2.94. The fraction of sp³-hybridized carbons (Fsp3) is 0.360. The summed E-state index contributed by atoms with van der Waals surface area (Å²) in [7, 11) is 1.47. The van der Waals surface area contributed by atoms with Gasteiger partial charge in [0.1, 0.15) is 17.3 Å². The van der Waals surface area contributed by atoms with Crippen molar-refractivity contribution >= 4 is 29.1 Å². The van der Waals surface area contributed by atoms with Crippen LogP contribution in [0, 0.1) is 5.82 Å². The van der Waals surface area contributed by atoms with Crippen LogP contribution in [-0.2, 0) is 14.3 Å². The first-order valence-electron chi connectivity index (χ1n) is 11.1. The number of nitrogens with zero attached hydrogens (tertiary/aromatic N) is 2. The van der Waals surface area contributed by atoms with Crippen molar-refractivity contribution in [1.29, 1.82) is 0 Å². The molecule has 2 aliphatic heterocycles. The Balaban J connectivity index is 1.69.